The lowest BCUT2D eigenvalue weighted by molar-refractivity contribution is -0.384. The standard InChI is InChI=1S/C11H9BrN2O5/c1-19-7-4-5(14(17)18)2-3-6(7)8-9(12)11(16)13-10(8)15/h2-4,8-9H,1H3,(H,13,15,16). The first-order chi connectivity index (χ1) is 8.95. The van der Waals surface area contributed by atoms with Crippen molar-refractivity contribution in [2.75, 3.05) is 7.11 Å². The highest BCUT2D eigenvalue weighted by atomic mass is 79.9. The number of alkyl halides is 1. The van der Waals surface area contributed by atoms with Crippen molar-refractivity contribution in [3.63, 3.8) is 0 Å². The number of hydrogen-bond acceptors (Lipinski definition) is 5. The summed E-state index contributed by atoms with van der Waals surface area (Å²) in [6.07, 6.45) is 0. The Morgan fingerprint density at radius 1 is 1.37 bits per heavy atom. The fourth-order valence-corrected chi connectivity index (χ4v) is 2.56. The molecule has 19 heavy (non-hydrogen) atoms. The minimum Gasteiger partial charge on any atom is -0.496 e. The summed E-state index contributed by atoms with van der Waals surface area (Å²) in [5.41, 5.74) is 0.287. The van der Waals surface area contributed by atoms with Crippen molar-refractivity contribution in [3.05, 3.63) is 33.9 Å². The lowest BCUT2D eigenvalue weighted by Crippen LogP contribution is -2.22. The molecule has 1 fully saturated rings. The lowest BCUT2D eigenvalue weighted by Gasteiger charge is -2.14. The number of nitrogens with zero attached hydrogens (tertiary/aromatic N) is 1. The Balaban J connectivity index is 2.48. The second-order valence-electron chi connectivity index (χ2n) is 3.92. The van der Waals surface area contributed by atoms with E-state index in [1.54, 1.807) is 0 Å². The van der Waals surface area contributed by atoms with Gasteiger partial charge in [-0.1, -0.05) is 15.9 Å². The molecule has 1 N–H and O–H groups in total. The Bertz CT molecular complexity index is 574. The molecule has 2 atom stereocenters. The molecule has 1 aromatic carbocycles. The van der Waals surface area contributed by atoms with Gasteiger partial charge in [0.05, 0.1) is 24.0 Å². The minimum atomic E-state index is -0.761. The van der Waals surface area contributed by atoms with Gasteiger partial charge in [0.2, 0.25) is 11.8 Å². The van der Waals surface area contributed by atoms with Gasteiger partial charge in [-0.15, -0.1) is 0 Å². The summed E-state index contributed by atoms with van der Waals surface area (Å²) in [6.45, 7) is 0. The van der Waals surface area contributed by atoms with E-state index in [1.165, 1.54) is 25.3 Å². The van der Waals surface area contributed by atoms with E-state index >= 15 is 0 Å². The molecule has 1 aromatic rings. The number of rotatable bonds is 3. The Morgan fingerprint density at radius 2 is 2.05 bits per heavy atom. The molecule has 0 bridgehead atoms. The molecule has 1 aliphatic rings. The maximum atomic E-state index is 11.7. The third kappa shape index (κ3) is 2.30. The normalized spacial score (nSPS) is 22.2. The van der Waals surface area contributed by atoms with E-state index in [4.69, 9.17) is 4.74 Å². The fraction of sp³-hybridized carbons (Fsp3) is 0.273. The summed E-state index contributed by atoms with van der Waals surface area (Å²) < 4.78 is 5.06. The first-order valence-electron chi connectivity index (χ1n) is 5.26. The molecular formula is C11H9BrN2O5. The van der Waals surface area contributed by atoms with E-state index in [1.807, 2.05) is 0 Å². The third-order valence-electron chi connectivity index (χ3n) is 2.83. The fourth-order valence-electron chi connectivity index (χ4n) is 1.92. The number of ether oxygens (including phenoxy) is 1. The van der Waals surface area contributed by atoms with Gasteiger partial charge in [0.1, 0.15) is 10.6 Å². The average molecular weight is 329 g/mol. The predicted octanol–water partition coefficient (Wildman–Crippen LogP) is 1.11. The number of halogens is 1. The Hall–Kier alpha value is -1.96. The highest BCUT2D eigenvalue weighted by Crippen LogP contribution is 2.37. The van der Waals surface area contributed by atoms with E-state index in [0.717, 1.165) is 0 Å². The first kappa shape index (κ1) is 13.5. The van der Waals surface area contributed by atoms with E-state index in [0.29, 0.717) is 5.56 Å². The number of hydrogen-bond donors (Lipinski definition) is 1. The smallest absolute Gasteiger partial charge is 0.273 e. The molecule has 0 radical (unpaired) electrons. The molecule has 1 heterocycles. The summed E-state index contributed by atoms with van der Waals surface area (Å²) in [5, 5.41) is 12.9. The number of amides is 2. The number of methoxy groups -OCH3 is 1. The molecule has 2 unspecified atom stereocenters. The van der Waals surface area contributed by atoms with Crippen LogP contribution in [-0.2, 0) is 9.59 Å². The molecule has 1 saturated heterocycles. The number of nitro benzene ring substituents is 1. The van der Waals surface area contributed by atoms with Crippen LogP contribution in [0.4, 0.5) is 5.69 Å². The molecule has 0 aliphatic carbocycles. The van der Waals surface area contributed by atoms with Gasteiger partial charge in [-0.25, -0.2) is 0 Å². The van der Waals surface area contributed by atoms with Crippen LogP contribution >= 0.6 is 15.9 Å². The van der Waals surface area contributed by atoms with Crippen LogP contribution < -0.4 is 10.1 Å². The summed E-state index contributed by atoms with van der Waals surface area (Å²) >= 11 is 3.14. The molecular weight excluding hydrogens is 320 g/mol. The van der Waals surface area contributed by atoms with Gasteiger partial charge < -0.3 is 4.74 Å². The molecule has 2 rings (SSSR count). The van der Waals surface area contributed by atoms with Crippen LogP contribution in [0.25, 0.3) is 0 Å². The van der Waals surface area contributed by atoms with Crippen molar-refractivity contribution in [1.82, 2.24) is 5.32 Å². The summed E-state index contributed by atoms with van der Waals surface area (Å²) in [7, 11) is 1.35. The quantitative estimate of drug-likeness (QED) is 0.388. The SMILES string of the molecule is COc1cc([N+](=O)[O-])ccc1C1C(=O)NC(=O)C1Br. The highest BCUT2D eigenvalue weighted by Gasteiger charge is 2.42. The summed E-state index contributed by atoms with van der Waals surface area (Å²) in [6, 6.07) is 3.92. The highest BCUT2D eigenvalue weighted by molar-refractivity contribution is 9.10. The zero-order valence-corrected chi connectivity index (χ0v) is 11.3. The minimum absolute atomic E-state index is 0.142. The van der Waals surface area contributed by atoms with Crippen molar-refractivity contribution in [1.29, 1.82) is 0 Å². The van der Waals surface area contributed by atoms with Gasteiger partial charge in [-0.2, -0.15) is 0 Å². The van der Waals surface area contributed by atoms with Crippen molar-refractivity contribution in [2.45, 2.75) is 10.7 Å². The second kappa shape index (κ2) is 4.96. The van der Waals surface area contributed by atoms with Gasteiger partial charge >= 0.3 is 0 Å². The van der Waals surface area contributed by atoms with E-state index in [2.05, 4.69) is 21.2 Å². The van der Waals surface area contributed by atoms with Gasteiger partial charge in [-0.3, -0.25) is 25.0 Å². The number of nitro groups is 1. The zero-order chi connectivity index (χ0) is 14.2. The topological polar surface area (TPSA) is 98.5 Å². The molecule has 8 heteroatoms. The van der Waals surface area contributed by atoms with Crippen molar-refractivity contribution in [2.24, 2.45) is 0 Å². The van der Waals surface area contributed by atoms with Crippen molar-refractivity contribution in [3.8, 4) is 5.75 Å². The van der Waals surface area contributed by atoms with Crippen LogP contribution in [0.5, 0.6) is 5.75 Å². The van der Waals surface area contributed by atoms with E-state index in [-0.39, 0.29) is 11.4 Å². The maximum absolute atomic E-state index is 11.7. The monoisotopic (exact) mass is 328 g/mol. The average Bonchev–Trinajstić information content (AvgIpc) is 2.62. The van der Waals surface area contributed by atoms with Crippen LogP contribution in [0.15, 0.2) is 18.2 Å². The second-order valence-corrected chi connectivity index (χ2v) is 4.90. The number of carbonyl (C=O) groups excluding carboxylic acids is 2. The van der Waals surface area contributed by atoms with Crippen LogP contribution in [-0.4, -0.2) is 28.7 Å². The van der Waals surface area contributed by atoms with Gasteiger partial charge in [0.25, 0.3) is 5.69 Å². The number of non-ortho nitro benzene ring substituents is 1. The zero-order valence-electron chi connectivity index (χ0n) is 9.75. The Morgan fingerprint density at radius 3 is 2.53 bits per heavy atom. The largest absolute Gasteiger partial charge is 0.496 e. The molecule has 2 amide bonds. The predicted molar refractivity (Wildman–Crippen MR) is 68.3 cm³/mol. The summed E-state index contributed by atoms with van der Waals surface area (Å²) in [4.78, 5) is 32.6. The van der Waals surface area contributed by atoms with Crippen molar-refractivity contribution < 1.29 is 19.2 Å². The van der Waals surface area contributed by atoms with Crippen LogP contribution in [0, 0.1) is 10.1 Å². The molecule has 0 saturated carbocycles. The Labute approximate surface area is 116 Å². The lowest BCUT2D eigenvalue weighted by atomic mass is 9.96. The van der Waals surface area contributed by atoms with Gasteiger partial charge in [0.15, 0.2) is 0 Å². The van der Waals surface area contributed by atoms with Crippen molar-refractivity contribution >= 4 is 33.4 Å². The molecule has 0 spiro atoms. The number of nitrogens with one attached hydrogen (secondary N) is 1. The van der Waals surface area contributed by atoms with Gasteiger partial charge in [-0.05, 0) is 6.07 Å². The van der Waals surface area contributed by atoms with Crippen LogP contribution in [0.2, 0.25) is 0 Å². The number of imide groups is 1. The van der Waals surface area contributed by atoms with Crippen LogP contribution in [0.1, 0.15) is 11.5 Å². The summed E-state index contributed by atoms with van der Waals surface area (Å²) in [5.74, 6) is -1.45. The number of carbonyl (C=O) groups is 2. The van der Waals surface area contributed by atoms with Gasteiger partial charge in [0, 0.05) is 11.6 Å². The van der Waals surface area contributed by atoms with E-state index in [9.17, 15) is 19.7 Å². The van der Waals surface area contributed by atoms with Crippen LogP contribution in [0.3, 0.4) is 0 Å². The molecule has 0 aromatic heterocycles. The molecule has 1 aliphatic heterocycles. The number of benzene rings is 1. The Kier molecular flexibility index (Phi) is 3.52. The third-order valence-corrected chi connectivity index (χ3v) is 3.78. The first-order valence-corrected chi connectivity index (χ1v) is 6.18. The van der Waals surface area contributed by atoms with E-state index < -0.39 is 27.5 Å². The maximum Gasteiger partial charge on any atom is 0.273 e. The molecule has 7 nitrogen and oxygen atoms in total. The molecule has 100 valence electrons.